The molecule has 0 bridgehead atoms. The summed E-state index contributed by atoms with van der Waals surface area (Å²) >= 11 is 1.62. The van der Waals surface area contributed by atoms with Gasteiger partial charge in [0.25, 0.3) is 0 Å². The minimum absolute atomic E-state index is 0.00295. The van der Waals surface area contributed by atoms with E-state index in [1.165, 1.54) is 12.4 Å². The van der Waals surface area contributed by atoms with Gasteiger partial charge in [-0.15, -0.1) is 11.8 Å². The van der Waals surface area contributed by atoms with Crippen LogP contribution in [0.25, 0.3) is 16.9 Å². The maximum atomic E-state index is 13.1. The van der Waals surface area contributed by atoms with Gasteiger partial charge in [0.05, 0.1) is 35.0 Å². The minimum Gasteiger partial charge on any atom is -0.434 e. The average Bonchev–Trinajstić information content (AvgIpc) is 3.40. The summed E-state index contributed by atoms with van der Waals surface area (Å²) in [4.78, 5) is 5.14. The van der Waals surface area contributed by atoms with Crippen molar-refractivity contribution in [3.8, 4) is 17.0 Å². The third-order valence-corrected chi connectivity index (χ3v) is 5.83. The molecule has 4 aromatic rings. The lowest BCUT2D eigenvalue weighted by atomic mass is 10.1. The number of anilines is 2. The van der Waals surface area contributed by atoms with E-state index in [9.17, 15) is 13.9 Å². The molecule has 31 heavy (non-hydrogen) atoms. The fraction of sp³-hybridized carbons (Fsp3) is 0.211. The standard InChI is InChI=1S/C19H17F2N7O2S/c20-19(21)30-14-7-12-15(31-5-3-22-12)6-10(14)16-13(9-24-27-16)26-18(29)11-8-25-28-4-1-2-23-17(11)28/h1-2,4,6-9,18-19,22,26,29H,3,5H2,(H,24,27). The lowest BCUT2D eigenvalue weighted by molar-refractivity contribution is -0.0494. The van der Waals surface area contributed by atoms with E-state index in [1.807, 2.05) is 0 Å². The van der Waals surface area contributed by atoms with Crippen molar-refractivity contribution in [2.45, 2.75) is 17.7 Å². The van der Waals surface area contributed by atoms with Gasteiger partial charge in [0, 0.05) is 41.2 Å². The van der Waals surface area contributed by atoms with Crippen LogP contribution in [0.5, 0.6) is 5.75 Å². The van der Waals surface area contributed by atoms with Crippen molar-refractivity contribution in [2.24, 2.45) is 0 Å². The van der Waals surface area contributed by atoms with Gasteiger partial charge in [0.2, 0.25) is 0 Å². The first-order chi connectivity index (χ1) is 15.1. The van der Waals surface area contributed by atoms with E-state index in [0.717, 1.165) is 22.9 Å². The smallest absolute Gasteiger partial charge is 0.387 e. The molecule has 4 heterocycles. The number of aliphatic hydroxyl groups is 1. The Balaban J connectivity index is 1.51. The lowest BCUT2D eigenvalue weighted by Gasteiger charge is -2.21. The van der Waals surface area contributed by atoms with E-state index in [1.54, 1.807) is 46.9 Å². The summed E-state index contributed by atoms with van der Waals surface area (Å²) in [5.41, 5.74) is 2.92. The monoisotopic (exact) mass is 445 g/mol. The van der Waals surface area contributed by atoms with Crippen LogP contribution in [0.15, 0.2) is 47.9 Å². The zero-order valence-corrected chi connectivity index (χ0v) is 16.7. The Labute approximate surface area is 178 Å². The lowest BCUT2D eigenvalue weighted by Crippen LogP contribution is -2.12. The van der Waals surface area contributed by atoms with Crippen molar-refractivity contribution in [2.75, 3.05) is 22.9 Å². The topological polar surface area (TPSA) is 112 Å². The third kappa shape index (κ3) is 3.75. The predicted molar refractivity (Wildman–Crippen MR) is 111 cm³/mol. The number of thioether (sulfide) groups is 1. The Kier molecular flexibility index (Phi) is 5.08. The Hall–Kier alpha value is -3.38. The minimum atomic E-state index is -2.98. The van der Waals surface area contributed by atoms with E-state index in [0.29, 0.717) is 28.2 Å². The van der Waals surface area contributed by atoms with Gasteiger partial charge in [-0.1, -0.05) is 0 Å². The zero-order valence-electron chi connectivity index (χ0n) is 15.9. The molecule has 0 saturated heterocycles. The van der Waals surface area contributed by atoms with Crippen LogP contribution in [0, 0.1) is 0 Å². The van der Waals surface area contributed by atoms with Crippen LogP contribution >= 0.6 is 11.8 Å². The molecule has 4 N–H and O–H groups in total. The van der Waals surface area contributed by atoms with Crippen molar-refractivity contribution in [1.82, 2.24) is 24.8 Å². The molecule has 0 saturated carbocycles. The SMILES string of the molecule is OC(Nc1cn[nH]c1-c1cc2c(cc1OC(F)F)NCCS2)c1cnn2cccnc12. The molecule has 1 unspecified atom stereocenters. The number of H-pyrrole nitrogens is 1. The molecule has 1 atom stereocenters. The highest BCUT2D eigenvalue weighted by molar-refractivity contribution is 7.99. The number of rotatable bonds is 6. The summed E-state index contributed by atoms with van der Waals surface area (Å²) in [5, 5.41) is 27.9. The number of nitrogens with one attached hydrogen (secondary N) is 3. The number of benzene rings is 1. The Morgan fingerprint density at radius 1 is 1.29 bits per heavy atom. The molecule has 1 aromatic carbocycles. The van der Waals surface area contributed by atoms with Crippen molar-refractivity contribution in [3.05, 3.63) is 48.5 Å². The van der Waals surface area contributed by atoms with Crippen LogP contribution in [-0.2, 0) is 0 Å². The molecular weight excluding hydrogens is 428 g/mol. The number of halogens is 2. The molecule has 0 spiro atoms. The Morgan fingerprint density at radius 2 is 2.19 bits per heavy atom. The number of aromatic amines is 1. The summed E-state index contributed by atoms with van der Waals surface area (Å²) in [6, 6.07) is 5.05. The van der Waals surface area contributed by atoms with Gasteiger partial charge in [-0.25, -0.2) is 9.50 Å². The highest BCUT2D eigenvalue weighted by atomic mass is 32.2. The second-order valence-electron chi connectivity index (χ2n) is 6.69. The van der Waals surface area contributed by atoms with Crippen molar-refractivity contribution in [3.63, 3.8) is 0 Å². The highest BCUT2D eigenvalue weighted by Gasteiger charge is 2.23. The Morgan fingerprint density at radius 3 is 3.06 bits per heavy atom. The number of alkyl halides is 2. The van der Waals surface area contributed by atoms with E-state index in [2.05, 4.69) is 30.9 Å². The quantitative estimate of drug-likeness (QED) is 0.334. The summed E-state index contributed by atoms with van der Waals surface area (Å²) in [6.45, 7) is -2.25. The van der Waals surface area contributed by atoms with Crippen molar-refractivity contribution < 1.29 is 18.6 Å². The largest absolute Gasteiger partial charge is 0.434 e. The van der Waals surface area contributed by atoms with Gasteiger partial charge in [0.15, 0.2) is 11.9 Å². The fourth-order valence-electron chi connectivity index (χ4n) is 3.42. The molecule has 0 amide bonds. The molecule has 1 aliphatic heterocycles. The maximum absolute atomic E-state index is 13.1. The second-order valence-corrected chi connectivity index (χ2v) is 7.83. The number of aliphatic hydroxyl groups excluding tert-OH is 1. The first kappa shape index (κ1) is 19.6. The van der Waals surface area contributed by atoms with Crippen LogP contribution in [-0.4, -0.2) is 48.8 Å². The van der Waals surface area contributed by atoms with Crippen LogP contribution in [0.1, 0.15) is 11.8 Å². The van der Waals surface area contributed by atoms with Crippen LogP contribution < -0.4 is 15.4 Å². The average molecular weight is 445 g/mol. The van der Waals surface area contributed by atoms with E-state index in [4.69, 9.17) is 4.74 Å². The van der Waals surface area contributed by atoms with Gasteiger partial charge in [0.1, 0.15) is 5.75 Å². The van der Waals surface area contributed by atoms with Gasteiger partial charge in [-0.3, -0.25) is 5.10 Å². The molecule has 0 fully saturated rings. The molecule has 0 aliphatic carbocycles. The summed E-state index contributed by atoms with van der Waals surface area (Å²) < 4.78 is 32.5. The Bertz CT molecular complexity index is 1230. The number of nitrogens with zero attached hydrogens (tertiary/aromatic N) is 4. The molecule has 1 aliphatic rings. The molecule has 160 valence electrons. The molecule has 12 heteroatoms. The van der Waals surface area contributed by atoms with Crippen LogP contribution in [0.2, 0.25) is 0 Å². The van der Waals surface area contributed by atoms with Crippen molar-refractivity contribution >= 4 is 28.8 Å². The summed E-state index contributed by atoms with van der Waals surface area (Å²) in [5.74, 6) is 0.860. The van der Waals surface area contributed by atoms with Gasteiger partial charge in [-0.05, 0) is 12.1 Å². The zero-order chi connectivity index (χ0) is 21.4. The maximum Gasteiger partial charge on any atom is 0.387 e. The molecule has 0 radical (unpaired) electrons. The third-order valence-electron chi connectivity index (χ3n) is 4.77. The van der Waals surface area contributed by atoms with E-state index in [-0.39, 0.29) is 5.75 Å². The normalized spacial score (nSPS) is 14.3. The molecular formula is C19H17F2N7O2S. The highest BCUT2D eigenvalue weighted by Crippen LogP contribution is 2.43. The van der Waals surface area contributed by atoms with Crippen LogP contribution in [0.4, 0.5) is 20.2 Å². The predicted octanol–water partition coefficient (Wildman–Crippen LogP) is 3.34. The van der Waals surface area contributed by atoms with Gasteiger partial charge in [-0.2, -0.15) is 19.0 Å². The first-order valence-corrected chi connectivity index (χ1v) is 10.3. The second kappa shape index (κ2) is 8.04. The van der Waals surface area contributed by atoms with Gasteiger partial charge >= 0.3 is 6.61 Å². The van der Waals surface area contributed by atoms with E-state index >= 15 is 0 Å². The number of hydrogen-bond donors (Lipinski definition) is 4. The number of hydrogen-bond acceptors (Lipinski definition) is 8. The molecule has 3 aromatic heterocycles. The van der Waals surface area contributed by atoms with Crippen molar-refractivity contribution in [1.29, 1.82) is 0 Å². The number of ether oxygens (including phenoxy) is 1. The number of fused-ring (bicyclic) bond motifs is 2. The number of aromatic nitrogens is 5. The molecule has 5 rings (SSSR count). The van der Waals surface area contributed by atoms with E-state index < -0.39 is 12.8 Å². The molecule has 9 nitrogen and oxygen atoms in total. The van der Waals surface area contributed by atoms with Gasteiger partial charge < -0.3 is 20.5 Å². The van der Waals surface area contributed by atoms with Crippen LogP contribution in [0.3, 0.4) is 0 Å². The first-order valence-electron chi connectivity index (χ1n) is 9.36. The summed E-state index contributed by atoms with van der Waals surface area (Å²) in [7, 11) is 0. The summed E-state index contributed by atoms with van der Waals surface area (Å²) in [6.07, 6.45) is 5.13. The fourth-order valence-corrected chi connectivity index (χ4v) is 4.33.